The minimum atomic E-state index is 0.779. The van der Waals surface area contributed by atoms with E-state index in [9.17, 15) is 0 Å². The van der Waals surface area contributed by atoms with Gasteiger partial charge in [-0.15, -0.1) is 0 Å². The van der Waals surface area contributed by atoms with Gasteiger partial charge in [-0.3, -0.25) is 0 Å². The van der Waals surface area contributed by atoms with Gasteiger partial charge >= 0.3 is 0 Å². The summed E-state index contributed by atoms with van der Waals surface area (Å²) in [6.45, 7) is 0. The third-order valence-corrected chi connectivity index (χ3v) is 6.90. The Bertz CT molecular complexity index is 283. The molecule has 4 saturated carbocycles. The van der Waals surface area contributed by atoms with Gasteiger partial charge < -0.3 is 0 Å². The monoisotopic (exact) mass is 231 g/mol. The average Bonchev–Trinajstić information content (AvgIpc) is 2.80. The summed E-state index contributed by atoms with van der Waals surface area (Å²) < 4.78 is 0. The topological polar surface area (TPSA) is 0 Å². The maximum absolute atomic E-state index is 2.05. The summed E-state index contributed by atoms with van der Waals surface area (Å²) in [4.78, 5) is 0. The van der Waals surface area contributed by atoms with Crippen molar-refractivity contribution in [3.63, 3.8) is 0 Å². The Kier molecular flexibility index (Phi) is 2.40. The van der Waals surface area contributed by atoms with E-state index in [0.29, 0.717) is 0 Å². The first-order chi connectivity index (χ1) is 8.37. The molecule has 17 heavy (non-hydrogen) atoms. The van der Waals surface area contributed by atoms with Crippen LogP contribution in [0.4, 0.5) is 0 Å². The molecule has 0 aromatic carbocycles. The predicted octanol–water partition coefficient (Wildman–Crippen LogP) is 5.28. The van der Waals surface area contributed by atoms with E-state index in [4.69, 9.17) is 0 Å². The highest BCUT2D eigenvalue weighted by Crippen LogP contribution is 2.73. The lowest BCUT2D eigenvalue weighted by Crippen LogP contribution is -2.50. The highest BCUT2D eigenvalue weighted by Gasteiger charge is 2.63. The van der Waals surface area contributed by atoms with Gasteiger partial charge in [0.2, 0.25) is 0 Å². The Morgan fingerprint density at radius 1 is 0.706 bits per heavy atom. The van der Waals surface area contributed by atoms with Crippen LogP contribution < -0.4 is 0 Å². The molecule has 0 atom stereocenters. The number of hydrogen-bond acceptors (Lipinski definition) is 0. The SMILES string of the molecule is C1CC[C](C2(C3(C4CC4)CCCC3)CCC2)C1. The van der Waals surface area contributed by atoms with Gasteiger partial charge in [0.1, 0.15) is 0 Å². The van der Waals surface area contributed by atoms with Gasteiger partial charge in [-0.1, -0.05) is 32.1 Å². The molecule has 0 amide bonds. The summed E-state index contributed by atoms with van der Waals surface area (Å²) in [7, 11) is 0. The molecule has 0 bridgehead atoms. The van der Waals surface area contributed by atoms with Gasteiger partial charge in [-0.25, -0.2) is 0 Å². The van der Waals surface area contributed by atoms with E-state index in [-0.39, 0.29) is 0 Å². The molecular weight excluding hydrogens is 204 g/mol. The fourth-order valence-electron chi connectivity index (χ4n) is 5.93. The summed E-state index contributed by atoms with van der Waals surface area (Å²) in [6, 6.07) is 0. The fraction of sp³-hybridized carbons (Fsp3) is 0.941. The maximum Gasteiger partial charge on any atom is -0.0174 e. The number of hydrogen-bond donors (Lipinski definition) is 0. The lowest BCUT2D eigenvalue weighted by Gasteiger charge is -2.59. The van der Waals surface area contributed by atoms with Crippen molar-refractivity contribution in [1.82, 2.24) is 0 Å². The molecule has 95 valence electrons. The normalized spacial score (nSPS) is 36.0. The average molecular weight is 231 g/mol. The molecule has 4 fully saturated rings. The Morgan fingerprint density at radius 3 is 1.82 bits per heavy atom. The second-order valence-electron chi connectivity index (χ2n) is 7.38. The van der Waals surface area contributed by atoms with Crippen LogP contribution in [0.15, 0.2) is 0 Å². The van der Waals surface area contributed by atoms with Gasteiger partial charge in [0, 0.05) is 0 Å². The Hall–Kier alpha value is 0. The molecule has 1 radical (unpaired) electrons. The minimum Gasteiger partial charge on any atom is -0.0527 e. The number of rotatable bonds is 3. The fourth-order valence-corrected chi connectivity index (χ4v) is 5.93. The standard InChI is InChI=1S/C17H27/c1-2-7-14(6-1)17(12-5-13-17)16(15-8-9-15)10-3-4-11-16/h15H,1-13H2. The molecule has 4 aliphatic carbocycles. The van der Waals surface area contributed by atoms with E-state index in [1.807, 2.05) is 0 Å². The highest BCUT2D eigenvalue weighted by atomic mass is 14.7. The molecule has 0 N–H and O–H groups in total. The minimum absolute atomic E-state index is 0.779. The van der Waals surface area contributed by atoms with Crippen LogP contribution in [0.3, 0.4) is 0 Å². The molecular formula is C17H27. The van der Waals surface area contributed by atoms with Gasteiger partial charge in [0.25, 0.3) is 0 Å². The zero-order valence-electron chi connectivity index (χ0n) is 11.3. The van der Waals surface area contributed by atoms with Crippen LogP contribution in [-0.2, 0) is 0 Å². The second kappa shape index (κ2) is 3.75. The molecule has 0 heteroatoms. The van der Waals surface area contributed by atoms with Crippen molar-refractivity contribution < 1.29 is 0 Å². The zero-order chi connectivity index (χ0) is 11.3. The highest BCUT2D eigenvalue weighted by molar-refractivity contribution is 5.23. The van der Waals surface area contributed by atoms with Crippen LogP contribution in [0.1, 0.15) is 83.5 Å². The lowest BCUT2D eigenvalue weighted by atomic mass is 9.45. The van der Waals surface area contributed by atoms with E-state index in [1.165, 1.54) is 32.1 Å². The largest absolute Gasteiger partial charge is 0.0527 e. The van der Waals surface area contributed by atoms with E-state index >= 15 is 0 Å². The summed E-state index contributed by atoms with van der Waals surface area (Å²) in [5, 5.41) is 0. The molecule has 0 heterocycles. The van der Waals surface area contributed by atoms with E-state index in [2.05, 4.69) is 5.92 Å². The maximum atomic E-state index is 2.05. The third kappa shape index (κ3) is 1.36. The summed E-state index contributed by atoms with van der Waals surface area (Å²) in [6.07, 6.45) is 20.2. The van der Waals surface area contributed by atoms with Gasteiger partial charge in [0.15, 0.2) is 0 Å². The van der Waals surface area contributed by atoms with Crippen LogP contribution in [0.5, 0.6) is 0 Å². The molecule has 4 aliphatic rings. The predicted molar refractivity (Wildman–Crippen MR) is 71.6 cm³/mol. The molecule has 0 nitrogen and oxygen atoms in total. The van der Waals surface area contributed by atoms with Crippen LogP contribution in [-0.4, -0.2) is 0 Å². The van der Waals surface area contributed by atoms with Crippen molar-refractivity contribution in [2.24, 2.45) is 16.7 Å². The van der Waals surface area contributed by atoms with Crippen LogP contribution in [0.25, 0.3) is 0 Å². The summed E-state index contributed by atoms with van der Waals surface area (Å²) in [5.74, 6) is 3.20. The molecule has 4 rings (SSSR count). The molecule has 0 spiro atoms. The van der Waals surface area contributed by atoms with Crippen molar-refractivity contribution >= 4 is 0 Å². The van der Waals surface area contributed by atoms with Crippen molar-refractivity contribution in [3.05, 3.63) is 5.92 Å². The van der Waals surface area contributed by atoms with Crippen molar-refractivity contribution in [2.45, 2.75) is 83.5 Å². The van der Waals surface area contributed by atoms with Crippen LogP contribution in [0, 0.1) is 22.7 Å². The van der Waals surface area contributed by atoms with Crippen molar-refractivity contribution in [2.75, 3.05) is 0 Å². The molecule has 0 aromatic rings. The molecule has 0 aliphatic heterocycles. The Labute approximate surface area is 107 Å². The van der Waals surface area contributed by atoms with E-state index < -0.39 is 0 Å². The zero-order valence-corrected chi connectivity index (χ0v) is 11.3. The van der Waals surface area contributed by atoms with Gasteiger partial charge in [-0.05, 0) is 74.0 Å². The summed E-state index contributed by atoms with van der Waals surface area (Å²) >= 11 is 0. The third-order valence-electron chi connectivity index (χ3n) is 6.90. The van der Waals surface area contributed by atoms with Crippen LogP contribution in [0.2, 0.25) is 0 Å². The summed E-state index contributed by atoms with van der Waals surface area (Å²) in [5.41, 5.74) is 1.60. The first-order valence-corrected chi connectivity index (χ1v) is 8.23. The van der Waals surface area contributed by atoms with Crippen molar-refractivity contribution in [1.29, 1.82) is 0 Å². The quantitative estimate of drug-likeness (QED) is 0.620. The molecule has 0 unspecified atom stereocenters. The Balaban J connectivity index is 1.68. The molecule has 0 aromatic heterocycles. The second-order valence-corrected chi connectivity index (χ2v) is 7.38. The smallest absolute Gasteiger partial charge is 0.0174 e. The van der Waals surface area contributed by atoms with Crippen LogP contribution >= 0.6 is 0 Å². The van der Waals surface area contributed by atoms with Gasteiger partial charge in [0.05, 0.1) is 0 Å². The van der Waals surface area contributed by atoms with E-state index in [1.54, 1.807) is 51.4 Å². The van der Waals surface area contributed by atoms with Gasteiger partial charge in [-0.2, -0.15) is 0 Å². The molecule has 0 saturated heterocycles. The first kappa shape index (κ1) is 10.9. The lowest BCUT2D eigenvalue weighted by molar-refractivity contribution is -0.0446. The van der Waals surface area contributed by atoms with E-state index in [0.717, 1.165) is 16.7 Å². The van der Waals surface area contributed by atoms with Crippen molar-refractivity contribution in [3.8, 4) is 0 Å². The first-order valence-electron chi connectivity index (χ1n) is 8.23. The Morgan fingerprint density at radius 2 is 1.35 bits per heavy atom.